The number of hydrogen-bond donors (Lipinski definition) is 0. The maximum Gasteiger partial charge on any atom is 0.265 e. The molecule has 2 aromatic rings. The quantitative estimate of drug-likeness (QED) is 0.807. The fourth-order valence-corrected chi connectivity index (χ4v) is 5.16. The molecule has 0 aliphatic carbocycles. The highest BCUT2D eigenvalue weighted by molar-refractivity contribution is 7.89. The molecule has 0 saturated carbocycles. The van der Waals surface area contributed by atoms with Gasteiger partial charge in [-0.1, -0.05) is 20.8 Å². The number of alkyl halides is 2. The van der Waals surface area contributed by atoms with Crippen molar-refractivity contribution < 1.29 is 21.9 Å². The van der Waals surface area contributed by atoms with Crippen molar-refractivity contribution in [1.82, 2.24) is 9.29 Å². The molecule has 1 unspecified atom stereocenters. The normalized spacial score (nSPS) is 20.5. The number of rotatable bonds is 3. The number of nitrogens with zero attached hydrogens (tertiary/aromatic N) is 2. The maximum absolute atomic E-state index is 12.9. The summed E-state index contributed by atoms with van der Waals surface area (Å²) in [5.74, 6) is 0. The molecule has 1 fully saturated rings. The van der Waals surface area contributed by atoms with Crippen molar-refractivity contribution in [3.63, 3.8) is 0 Å². The number of fused-ring (bicyclic) bond motifs is 1. The van der Waals surface area contributed by atoms with Crippen LogP contribution in [0.15, 0.2) is 23.1 Å². The highest BCUT2D eigenvalue weighted by atomic mass is 32.2. The molecule has 25 heavy (non-hydrogen) atoms. The molecule has 138 valence electrons. The van der Waals surface area contributed by atoms with E-state index in [1.165, 1.54) is 17.4 Å². The number of sulfonamides is 1. The molecule has 2 heterocycles. The standard InChI is InChI=1S/C16H20F2N2O3S2/c1-16(2,3)15-19-11-5-4-10(8-13(11)24-15)25(21,22)20-6-7-23-12(9-20)14(17)18/h4-5,8,12,14H,6-7,9H2,1-3H3. The van der Waals surface area contributed by atoms with E-state index in [0.717, 1.165) is 19.5 Å². The van der Waals surface area contributed by atoms with Crippen molar-refractivity contribution in [2.45, 2.75) is 43.6 Å². The van der Waals surface area contributed by atoms with Crippen LogP contribution in [0.25, 0.3) is 10.2 Å². The first-order chi connectivity index (χ1) is 11.6. The van der Waals surface area contributed by atoms with E-state index in [0.29, 0.717) is 0 Å². The van der Waals surface area contributed by atoms with Crippen molar-refractivity contribution in [2.75, 3.05) is 19.7 Å². The lowest BCUT2D eigenvalue weighted by atomic mass is 9.98. The minimum atomic E-state index is -3.85. The van der Waals surface area contributed by atoms with E-state index in [1.54, 1.807) is 12.1 Å². The summed E-state index contributed by atoms with van der Waals surface area (Å²) in [4.78, 5) is 4.64. The number of ether oxygens (including phenoxy) is 1. The Bertz CT molecular complexity index is 875. The Balaban J connectivity index is 1.94. The van der Waals surface area contributed by atoms with E-state index in [4.69, 9.17) is 4.74 Å². The van der Waals surface area contributed by atoms with Crippen LogP contribution < -0.4 is 0 Å². The van der Waals surface area contributed by atoms with Gasteiger partial charge in [0.25, 0.3) is 6.43 Å². The third-order valence-electron chi connectivity index (χ3n) is 3.98. The summed E-state index contributed by atoms with van der Waals surface area (Å²) in [5, 5.41) is 0.918. The molecule has 0 bridgehead atoms. The number of benzene rings is 1. The lowest BCUT2D eigenvalue weighted by Gasteiger charge is -2.31. The van der Waals surface area contributed by atoms with E-state index in [2.05, 4.69) is 4.98 Å². The van der Waals surface area contributed by atoms with Crippen LogP contribution >= 0.6 is 11.3 Å². The van der Waals surface area contributed by atoms with Crippen molar-refractivity contribution in [3.8, 4) is 0 Å². The van der Waals surface area contributed by atoms with Gasteiger partial charge in [0, 0.05) is 18.5 Å². The molecular formula is C16H20F2N2O3S2. The van der Waals surface area contributed by atoms with Crippen LogP contribution in [0.2, 0.25) is 0 Å². The van der Waals surface area contributed by atoms with Gasteiger partial charge in [0.2, 0.25) is 10.0 Å². The van der Waals surface area contributed by atoms with Gasteiger partial charge in [-0.05, 0) is 18.2 Å². The van der Waals surface area contributed by atoms with Gasteiger partial charge in [0.05, 0.1) is 26.7 Å². The fourth-order valence-electron chi connectivity index (χ4n) is 2.56. The zero-order valence-electron chi connectivity index (χ0n) is 14.2. The molecule has 9 heteroatoms. The fraction of sp³-hybridized carbons (Fsp3) is 0.562. The van der Waals surface area contributed by atoms with E-state index in [-0.39, 0.29) is 30.0 Å². The Kier molecular flexibility index (Phi) is 4.87. The Morgan fingerprint density at radius 3 is 2.72 bits per heavy atom. The summed E-state index contributed by atoms with van der Waals surface area (Å²) in [5.41, 5.74) is 0.610. The summed E-state index contributed by atoms with van der Waals surface area (Å²) in [6.07, 6.45) is -4.10. The molecule has 3 rings (SSSR count). The molecular weight excluding hydrogens is 370 g/mol. The third-order valence-corrected chi connectivity index (χ3v) is 7.28. The Morgan fingerprint density at radius 1 is 1.36 bits per heavy atom. The second kappa shape index (κ2) is 6.53. The van der Waals surface area contributed by atoms with Gasteiger partial charge in [-0.25, -0.2) is 22.2 Å². The van der Waals surface area contributed by atoms with Gasteiger partial charge in [-0.3, -0.25) is 0 Å². The SMILES string of the molecule is CC(C)(C)c1nc2ccc(S(=O)(=O)N3CCOC(C(F)F)C3)cc2s1. The van der Waals surface area contributed by atoms with E-state index in [9.17, 15) is 17.2 Å². The summed E-state index contributed by atoms with van der Waals surface area (Å²) in [7, 11) is -3.85. The summed E-state index contributed by atoms with van der Waals surface area (Å²) in [6, 6.07) is 4.72. The molecule has 0 spiro atoms. The van der Waals surface area contributed by atoms with Crippen molar-refractivity contribution in [1.29, 1.82) is 0 Å². The molecule has 0 radical (unpaired) electrons. The van der Waals surface area contributed by atoms with Crippen molar-refractivity contribution in [3.05, 3.63) is 23.2 Å². The predicted octanol–water partition coefficient (Wildman–Crippen LogP) is 3.25. The van der Waals surface area contributed by atoms with Gasteiger partial charge in [-0.2, -0.15) is 4.31 Å². The molecule has 0 N–H and O–H groups in total. The molecule has 1 aliphatic heterocycles. The number of aromatic nitrogens is 1. The van der Waals surface area contributed by atoms with E-state index in [1.807, 2.05) is 20.8 Å². The summed E-state index contributed by atoms with van der Waals surface area (Å²) >= 11 is 1.45. The van der Waals surface area contributed by atoms with Crippen molar-refractivity contribution >= 4 is 31.6 Å². The van der Waals surface area contributed by atoms with Crippen LogP contribution in [0.5, 0.6) is 0 Å². The molecule has 1 aromatic carbocycles. The zero-order valence-corrected chi connectivity index (χ0v) is 15.8. The van der Waals surface area contributed by atoms with Crippen LogP contribution in [-0.4, -0.2) is 49.9 Å². The second-order valence-electron chi connectivity index (χ2n) is 7.01. The molecule has 1 atom stereocenters. The zero-order chi connectivity index (χ0) is 18.4. The highest BCUT2D eigenvalue weighted by Crippen LogP contribution is 2.33. The van der Waals surface area contributed by atoms with Gasteiger partial charge >= 0.3 is 0 Å². The van der Waals surface area contributed by atoms with Crippen LogP contribution in [-0.2, 0) is 20.2 Å². The minimum absolute atomic E-state index is 0.0365. The van der Waals surface area contributed by atoms with Gasteiger partial charge in [-0.15, -0.1) is 11.3 Å². The number of morpholine rings is 1. The lowest BCUT2D eigenvalue weighted by Crippen LogP contribution is -2.48. The smallest absolute Gasteiger partial charge is 0.265 e. The number of halogens is 2. The highest BCUT2D eigenvalue weighted by Gasteiger charge is 2.35. The minimum Gasteiger partial charge on any atom is -0.370 e. The molecule has 1 saturated heterocycles. The second-order valence-corrected chi connectivity index (χ2v) is 9.97. The monoisotopic (exact) mass is 390 g/mol. The first-order valence-corrected chi connectivity index (χ1v) is 10.2. The Hall–Kier alpha value is -1.16. The van der Waals surface area contributed by atoms with Crippen molar-refractivity contribution in [2.24, 2.45) is 0 Å². The summed E-state index contributed by atoms with van der Waals surface area (Å²) in [6.45, 7) is 5.82. The molecule has 1 aromatic heterocycles. The predicted molar refractivity (Wildman–Crippen MR) is 92.8 cm³/mol. The summed E-state index contributed by atoms with van der Waals surface area (Å²) < 4.78 is 58.1. The van der Waals surface area contributed by atoms with E-state index < -0.39 is 22.6 Å². The van der Waals surface area contributed by atoms with Crippen LogP contribution in [0.3, 0.4) is 0 Å². The average molecular weight is 390 g/mol. The van der Waals surface area contributed by atoms with E-state index >= 15 is 0 Å². The Labute approximate surface area is 149 Å². The maximum atomic E-state index is 12.9. The molecule has 5 nitrogen and oxygen atoms in total. The number of hydrogen-bond acceptors (Lipinski definition) is 5. The van der Waals surface area contributed by atoms with Gasteiger partial charge in [0.15, 0.2) is 0 Å². The van der Waals surface area contributed by atoms with Crippen LogP contribution in [0.1, 0.15) is 25.8 Å². The lowest BCUT2D eigenvalue weighted by molar-refractivity contribution is -0.0862. The third kappa shape index (κ3) is 3.69. The largest absolute Gasteiger partial charge is 0.370 e. The van der Waals surface area contributed by atoms with Gasteiger partial charge < -0.3 is 4.74 Å². The van der Waals surface area contributed by atoms with Crippen LogP contribution in [0, 0.1) is 0 Å². The molecule has 1 aliphatic rings. The topological polar surface area (TPSA) is 59.5 Å². The van der Waals surface area contributed by atoms with Crippen LogP contribution in [0.4, 0.5) is 8.78 Å². The first kappa shape index (κ1) is 18.6. The average Bonchev–Trinajstić information content (AvgIpc) is 2.98. The van der Waals surface area contributed by atoms with Gasteiger partial charge in [0.1, 0.15) is 6.10 Å². The molecule has 0 amide bonds. The Morgan fingerprint density at radius 2 is 2.08 bits per heavy atom. The number of thiazole rings is 1. The first-order valence-electron chi connectivity index (χ1n) is 7.90.